The van der Waals surface area contributed by atoms with Crippen LogP contribution < -0.4 is 10.6 Å². The Hall–Kier alpha value is -2.75. The van der Waals surface area contributed by atoms with E-state index in [1.54, 1.807) is 0 Å². The molecule has 4 nitrogen and oxygen atoms in total. The zero-order valence-electron chi connectivity index (χ0n) is 10.9. The minimum absolute atomic E-state index is 0.207. The molecular formula is C16H15N3O. The van der Waals surface area contributed by atoms with Gasteiger partial charge in [0.05, 0.1) is 0 Å². The Labute approximate surface area is 116 Å². The number of carbonyl (C=O) groups is 1. The van der Waals surface area contributed by atoms with Crippen molar-refractivity contribution in [3.63, 3.8) is 0 Å². The van der Waals surface area contributed by atoms with Crippen LogP contribution in [-0.2, 0) is 6.54 Å². The molecule has 20 heavy (non-hydrogen) atoms. The number of urea groups is 1. The van der Waals surface area contributed by atoms with Crippen molar-refractivity contribution < 1.29 is 4.79 Å². The maximum Gasteiger partial charge on any atom is 0.319 e. The molecule has 0 saturated carbocycles. The van der Waals surface area contributed by atoms with E-state index in [4.69, 9.17) is 0 Å². The van der Waals surface area contributed by atoms with Crippen molar-refractivity contribution in [1.29, 1.82) is 0 Å². The Balaban J connectivity index is 1.63. The van der Waals surface area contributed by atoms with Crippen molar-refractivity contribution in [2.75, 3.05) is 5.32 Å². The van der Waals surface area contributed by atoms with Gasteiger partial charge in [-0.2, -0.15) is 0 Å². The summed E-state index contributed by atoms with van der Waals surface area (Å²) in [6, 6.07) is 17.2. The highest BCUT2D eigenvalue weighted by atomic mass is 16.2. The number of nitrogens with one attached hydrogen (secondary N) is 3. The molecule has 100 valence electrons. The van der Waals surface area contributed by atoms with E-state index in [0.29, 0.717) is 6.54 Å². The molecule has 4 heteroatoms. The summed E-state index contributed by atoms with van der Waals surface area (Å²) < 4.78 is 0. The fraction of sp³-hybridized carbons (Fsp3) is 0.0625. The van der Waals surface area contributed by atoms with Crippen LogP contribution in [0.25, 0.3) is 10.9 Å². The van der Waals surface area contributed by atoms with E-state index in [1.807, 2.05) is 60.8 Å². The van der Waals surface area contributed by atoms with E-state index in [0.717, 1.165) is 22.2 Å². The third kappa shape index (κ3) is 2.64. The van der Waals surface area contributed by atoms with Gasteiger partial charge in [-0.05, 0) is 23.8 Å². The number of aromatic amines is 1. The van der Waals surface area contributed by atoms with Crippen LogP contribution in [0.2, 0.25) is 0 Å². The SMILES string of the molecule is O=C(NCc1c[nH]c2ccccc12)Nc1ccccc1. The summed E-state index contributed by atoms with van der Waals surface area (Å²) in [4.78, 5) is 15.0. The average Bonchev–Trinajstić information content (AvgIpc) is 2.89. The predicted octanol–water partition coefficient (Wildman–Crippen LogP) is 3.49. The number of fused-ring (bicyclic) bond motifs is 1. The Morgan fingerprint density at radius 3 is 2.60 bits per heavy atom. The first-order chi connectivity index (χ1) is 9.83. The molecule has 3 rings (SSSR count). The lowest BCUT2D eigenvalue weighted by Crippen LogP contribution is -2.28. The second-order valence-corrected chi connectivity index (χ2v) is 4.53. The lowest BCUT2D eigenvalue weighted by Gasteiger charge is -2.06. The summed E-state index contributed by atoms with van der Waals surface area (Å²) in [6.07, 6.45) is 1.92. The molecule has 0 bridgehead atoms. The Kier molecular flexibility index (Phi) is 3.37. The Morgan fingerprint density at radius 2 is 1.75 bits per heavy atom. The van der Waals surface area contributed by atoms with Gasteiger partial charge < -0.3 is 15.6 Å². The summed E-state index contributed by atoms with van der Waals surface area (Å²) in [6.45, 7) is 0.489. The molecule has 0 atom stereocenters. The Bertz CT molecular complexity index is 719. The van der Waals surface area contributed by atoms with Crippen molar-refractivity contribution in [1.82, 2.24) is 10.3 Å². The minimum Gasteiger partial charge on any atom is -0.361 e. The first-order valence-electron chi connectivity index (χ1n) is 6.48. The molecule has 0 radical (unpaired) electrons. The van der Waals surface area contributed by atoms with Crippen molar-refractivity contribution in [3.05, 3.63) is 66.4 Å². The van der Waals surface area contributed by atoms with Crippen LogP contribution in [0.15, 0.2) is 60.8 Å². The van der Waals surface area contributed by atoms with Crippen molar-refractivity contribution in [3.8, 4) is 0 Å². The monoisotopic (exact) mass is 265 g/mol. The van der Waals surface area contributed by atoms with Gasteiger partial charge in [0.15, 0.2) is 0 Å². The fourth-order valence-corrected chi connectivity index (χ4v) is 2.15. The third-order valence-corrected chi connectivity index (χ3v) is 3.15. The highest BCUT2D eigenvalue weighted by Gasteiger charge is 2.05. The number of H-pyrrole nitrogens is 1. The normalized spacial score (nSPS) is 10.4. The molecule has 2 aromatic carbocycles. The van der Waals surface area contributed by atoms with Crippen LogP contribution in [0.3, 0.4) is 0 Å². The highest BCUT2D eigenvalue weighted by molar-refractivity contribution is 5.90. The number of carbonyl (C=O) groups excluding carboxylic acids is 1. The molecule has 0 aliphatic rings. The smallest absolute Gasteiger partial charge is 0.319 e. The maximum atomic E-state index is 11.8. The number of amides is 2. The van der Waals surface area contributed by atoms with E-state index < -0.39 is 0 Å². The maximum absolute atomic E-state index is 11.8. The molecule has 2 amide bonds. The molecule has 1 heterocycles. The van der Waals surface area contributed by atoms with Gasteiger partial charge in [-0.3, -0.25) is 0 Å². The van der Waals surface area contributed by atoms with Gasteiger partial charge in [0.2, 0.25) is 0 Å². The molecule has 3 N–H and O–H groups in total. The molecule has 0 unspecified atom stereocenters. The fourth-order valence-electron chi connectivity index (χ4n) is 2.15. The molecule has 0 fully saturated rings. The van der Waals surface area contributed by atoms with Crippen LogP contribution >= 0.6 is 0 Å². The zero-order chi connectivity index (χ0) is 13.8. The molecular weight excluding hydrogens is 250 g/mol. The number of anilines is 1. The van der Waals surface area contributed by atoms with E-state index in [1.165, 1.54) is 0 Å². The number of hydrogen-bond acceptors (Lipinski definition) is 1. The van der Waals surface area contributed by atoms with Gasteiger partial charge in [-0.1, -0.05) is 36.4 Å². The number of para-hydroxylation sites is 2. The molecule has 0 aliphatic heterocycles. The highest BCUT2D eigenvalue weighted by Crippen LogP contribution is 2.17. The molecule has 3 aromatic rings. The van der Waals surface area contributed by atoms with E-state index in [-0.39, 0.29) is 6.03 Å². The second kappa shape index (κ2) is 5.48. The van der Waals surface area contributed by atoms with E-state index in [9.17, 15) is 4.79 Å². The average molecular weight is 265 g/mol. The van der Waals surface area contributed by atoms with Crippen LogP contribution in [0.5, 0.6) is 0 Å². The lowest BCUT2D eigenvalue weighted by atomic mass is 10.2. The molecule has 0 spiro atoms. The summed E-state index contributed by atoms with van der Waals surface area (Å²) in [5.74, 6) is 0. The van der Waals surface area contributed by atoms with Crippen LogP contribution in [-0.4, -0.2) is 11.0 Å². The number of rotatable bonds is 3. The van der Waals surface area contributed by atoms with Crippen LogP contribution in [0, 0.1) is 0 Å². The molecule has 0 saturated heterocycles. The standard InChI is InChI=1S/C16H15N3O/c20-16(19-13-6-2-1-3-7-13)18-11-12-10-17-15-9-5-4-8-14(12)15/h1-10,17H,11H2,(H2,18,19,20). The van der Waals surface area contributed by atoms with Gasteiger partial charge in [-0.25, -0.2) is 4.79 Å². The van der Waals surface area contributed by atoms with Gasteiger partial charge in [0, 0.05) is 29.3 Å². The topological polar surface area (TPSA) is 56.9 Å². The van der Waals surface area contributed by atoms with Gasteiger partial charge in [0.1, 0.15) is 0 Å². The molecule has 1 aromatic heterocycles. The zero-order valence-corrected chi connectivity index (χ0v) is 10.9. The first-order valence-corrected chi connectivity index (χ1v) is 6.48. The lowest BCUT2D eigenvalue weighted by molar-refractivity contribution is 0.252. The largest absolute Gasteiger partial charge is 0.361 e. The van der Waals surface area contributed by atoms with Crippen LogP contribution in [0.1, 0.15) is 5.56 Å². The van der Waals surface area contributed by atoms with Gasteiger partial charge >= 0.3 is 6.03 Å². The summed E-state index contributed by atoms with van der Waals surface area (Å²) in [7, 11) is 0. The third-order valence-electron chi connectivity index (χ3n) is 3.15. The van der Waals surface area contributed by atoms with E-state index in [2.05, 4.69) is 15.6 Å². The number of benzene rings is 2. The summed E-state index contributed by atoms with van der Waals surface area (Å²) >= 11 is 0. The van der Waals surface area contributed by atoms with Crippen molar-refractivity contribution in [2.24, 2.45) is 0 Å². The van der Waals surface area contributed by atoms with Crippen molar-refractivity contribution in [2.45, 2.75) is 6.54 Å². The van der Waals surface area contributed by atoms with Gasteiger partial charge in [0.25, 0.3) is 0 Å². The summed E-state index contributed by atoms with van der Waals surface area (Å²) in [5.41, 5.74) is 2.93. The van der Waals surface area contributed by atoms with Crippen molar-refractivity contribution >= 4 is 22.6 Å². The van der Waals surface area contributed by atoms with E-state index >= 15 is 0 Å². The Morgan fingerprint density at radius 1 is 1.00 bits per heavy atom. The van der Waals surface area contributed by atoms with Gasteiger partial charge in [-0.15, -0.1) is 0 Å². The quantitative estimate of drug-likeness (QED) is 0.667. The number of aromatic nitrogens is 1. The summed E-state index contributed by atoms with van der Waals surface area (Å²) in [5, 5.41) is 6.78. The predicted molar refractivity (Wildman–Crippen MR) is 80.6 cm³/mol. The van der Waals surface area contributed by atoms with Crippen LogP contribution in [0.4, 0.5) is 10.5 Å². The minimum atomic E-state index is -0.207. The first kappa shape index (κ1) is 12.3. The number of hydrogen-bond donors (Lipinski definition) is 3. The second-order valence-electron chi connectivity index (χ2n) is 4.53. The molecule has 0 aliphatic carbocycles.